The van der Waals surface area contributed by atoms with Crippen LogP contribution in [0.3, 0.4) is 0 Å². The van der Waals surface area contributed by atoms with Crippen LogP contribution in [0.1, 0.15) is 57.7 Å². The number of aryl methyl sites for hydroxylation is 1. The van der Waals surface area contributed by atoms with Crippen LogP contribution in [-0.4, -0.2) is 23.8 Å². The van der Waals surface area contributed by atoms with E-state index in [9.17, 15) is 4.79 Å². The van der Waals surface area contributed by atoms with E-state index in [1.165, 1.54) is 11.1 Å². The van der Waals surface area contributed by atoms with Gasteiger partial charge in [0, 0.05) is 18.1 Å². The summed E-state index contributed by atoms with van der Waals surface area (Å²) in [6.45, 7) is 9.92. The number of alkyl carbamates (subject to hydrolysis) is 1. The summed E-state index contributed by atoms with van der Waals surface area (Å²) < 4.78 is 5.27. The Morgan fingerprint density at radius 2 is 1.95 bits per heavy atom. The van der Waals surface area contributed by atoms with Crippen LogP contribution in [0.5, 0.6) is 0 Å². The third-order valence-electron chi connectivity index (χ3n) is 3.89. The number of rotatable bonds is 4. The van der Waals surface area contributed by atoms with Crippen LogP contribution in [0.4, 0.5) is 4.79 Å². The fourth-order valence-corrected chi connectivity index (χ4v) is 2.74. The van der Waals surface area contributed by atoms with E-state index in [-0.39, 0.29) is 12.1 Å². The van der Waals surface area contributed by atoms with Gasteiger partial charge in [0.05, 0.1) is 0 Å². The van der Waals surface area contributed by atoms with Crippen LogP contribution >= 0.6 is 0 Å². The molecule has 22 heavy (non-hydrogen) atoms. The molecule has 1 aliphatic rings. The maximum Gasteiger partial charge on any atom is 0.407 e. The molecule has 0 saturated heterocycles. The number of carbonyl (C=O) groups excluding carboxylic acids is 1. The van der Waals surface area contributed by atoms with Gasteiger partial charge in [-0.1, -0.05) is 29.8 Å². The van der Waals surface area contributed by atoms with Gasteiger partial charge in [-0.05, 0) is 53.0 Å². The smallest absolute Gasteiger partial charge is 0.407 e. The first-order chi connectivity index (χ1) is 10.2. The van der Waals surface area contributed by atoms with Crippen LogP contribution in [0.25, 0.3) is 0 Å². The van der Waals surface area contributed by atoms with Crippen molar-refractivity contribution in [3.63, 3.8) is 0 Å². The molecule has 1 saturated carbocycles. The first-order valence-corrected chi connectivity index (χ1v) is 8.05. The molecule has 4 nitrogen and oxygen atoms in total. The van der Waals surface area contributed by atoms with Crippen molar-refractivity contribution in [3.05, 3.63) is 35.4 Å². The highest BCUT2D eigenvalue weighted by atomic mass is 16.6. The summed E-state index contributed by atoms with van der Waals surface area (Å²) in [5, 5.41) is 6.54. The molecule has 0 radical (unpaired) electrons. The van der Waals surface area contributed by atoms with E-state index in [0.717, 1.165) is 12.8 Å². The van der Waals surface area contributed by atoms with Crippen LogP contribution in [-0.2, 0) is 4.74 Å². The van der Waals surface area contributed by atoms with Crippen molar-refractivity contribution >= 4 is 6.09 Å². The number of benzene rings is 1. The van der Waals surface area contributed by atoms with E-state index in [2.05, 4.69) is 48.7 Å². The first-order valence-electron chi connectivity index (χ1n) is 8.05. The number of ether oxygens (including phenoxy) is 1. The molecular formula is C18H28N2O2. The number of nitrogens with one attached hydrogen (secondary N) is 2. The van der Waals surface area contributed by atoms with E-state index < -0.39 is 5.60 Å². The largest absolute Gasteiger partial charge is 0.444 e. The van der Waals surface area contributed by atoms with Gasteiger partial charge in [-0.2, -0.15) is 0 Å². The molecule has 4 heteroatoms. The van der Waals surface area contributed by atoms with Gasteiger partial charge in [-0.3, -0.25) is 0 Å². The molecule has 0 spiro atoms. The Hall–Kier alpha value is -1.55. The molecule has 122 valence electrons. The van der Waals surface area contributed by atoms with Crippen molar-refractivity contribution in [2.24, 2.45) is 0 Å². The molecule has 2 N–H and O–H groups in total. The summed E-state index contributed by atoms with van der Waals surface area (Å²) >= 11 is 0. The van der Waals surface area contributed by atoms with E-state index in [1.54, 1.807) is 0 Å². The monoisotopic (exact) mass is 304 g/mol. The Bertz CT molecular complexity index is 516. The standard InChI is InChI=1S/C18H28N2O2/c1-12-7-6-8-14(9-12)13(2)19-15-10-16(11-15)20-17(21)22-18(3,4)5/h6-9,13,15-16,19H,10-11H2,1-5H3,(H,20,21). The van der Waals surface area contributed by atoms with Crippen LogP contribution in [0, 0.1) is 6.92 Å². The van der Waals surface area contributed by atoms with E-state index in [4.69, 9.17) is 4.74 Å². The van der Waals surface area contributed by atoms with Crippen molar-refractivity contribution in [3.8, 4) is 0 Å². The lowest BCUT2D eigenvalue weighted by Gasteiger charge is -2.38. The van der Waals surface area contributed by atoms with Crippen molar-refractivity contribution in [2.45, 2.75) is 71.2 Å². The van der Waals surface area contributed by atoms with Gasteiger partial charge in [0.25, 0.3) is 0 Å². The number of hydrogen-bond acceptors (Lipinski definition) is 3. The van der Waals surface area contributed by atoms with Crippen LogP contribution < -0.4 is 10.6 Å². The average Bonchev–Trinajstić information content (AvgIpc) is 2.33. The van der Waals surface area contributed by atoms with Crippen LogP contribution in [0.15, 0.2) is 24.3 Å². The molecule has 2 rings (SSSR count). The summed E-state index contributed by atoms with van der Waals surface area (Å²) in [6.07, 6.45) is 1.59. The van der Waals surface area contributed by atoms with Gasteiger partial charge >= 0.3 is 6.09 Å². The van der Waals surface area contributed by atoms with E-state index in [1.807, 2.05) is 20.8 Å². The zero-order valence-electron chi connectivity index (χ0n) is 14.3. The van der Waals surface area contributed by atoms with E-state index >= 15 is 0 Å². The summed E-state index contributed by atoms with van der Waals surface area (Å²) in [7, 11) is 0. The zero-order chi connectivity index (χ0) is 16.3. The number of carbonyl (C=O) groups is 1. The highest BCUT2D eigenvalue weighted by molar-refractivity contribution is 5.68. The predicted octanol–water partition coefficient (Wildman–Crippen LogP) is 3.70. The molecular weight excluding hydrogens is 276 g/mol. The molecule has 1 aromatic rings. The van der Waals surface area contributed by atoms with Crippen LogP contribution in [0.2, 0.25) is 0 Å². The minimum atomic E-state index is -0.439. The second kappa shape index (κ2) is 6.69. The molecule has 0 bridgehead atoms. The molecule has 0 heterocycles. The van der Waals surface area contributed by atoms with Gasteiger partial charge in [0.1, 0.15) is 5.60 Å². The molecule has 1 atom stereocenters. The maximum atomic E-state index is 11.7. The lowest BCUT2D eigenvalue weighted by molar-refractivity contribution is 0.0463. The third kappa shape index (κ3) is 5.02. The van der Waals surface area contributed by atoms with E-state index in [0.29, 0.717) is 12.1 Å². The third-order valence-corrected chi connectivity index (χ3v) is 3.89. The molecule has 0 aliphatic heterocycles. The Labute approximate surface area is 133 Å². The molecule has 1 amide bonds. The van der Waals surface area contributed by atoms with Gasteiger partial charge in [0.15, 0.2) is 0 Å². The second-order valence-corrected chi connectivity index (χ2v) is 7.31. The maximum absolute atomic E-state index is 11.7. The fourth-order valence-electron chi connectivity index (χ4n) is 2.74. The predicted molar refractivity (Wildman–Crippen MR) is 88.9 cm³/mol. The highest BCUT2D eigenvalue weighted by Crippen LogP contribution is 2.24. The summed E-state index contributed by atoms with van der Waals surface area (Å²) in [4.78, 5) is 11.7. The van der Waals surface area contributed by atoms with Crippen molar-refractivity contribution in [1.82, 2.24) is 10.6 Å². The fraction of sp³-hybridized carbons (Fsp3) is 0.611. The van der Waals surface area contributed by atoms with Crippen molar-refractivity contribution < 1.29 is 9.53 Å². The van der Waals surface area contributed by atoms with Gasteiger partial charge in [-0.25, -0.2) is 4.79 Å². The highest BCUT2D eigenvalue weighted by Gasteiger charge is 2.32. The van der Waals surface area contributed by atoms with Gasteiger partial charge in [-0.15, -0.1) is 0 Å². The lowest BCUT2D eigenvalue weighted by Crippen LogP contribution is -2.53. The first kappa shape index (κ1) is 16.8. The zero-order valence-corrected chi connectivity index (χ0v) is 14.3. The molecule has 0 aromatic heterocycles. The Kier molecular flexibility index (Phi) is 5.12. The molecule has 1 unspecified atom stereocenters. The van der Waals surface area contributed by atoms with Gasteiger partial charge < -0.3 is 15.4 Å². The Morgan fingerprint density at radius 3 is 2.55 bits per heavy atom. The summed E-state index contributed by atoms with van der Waals surface area (Å²) in [6, 6.07) is 9.57. The normalized spacial score (nSPS) is 22.6. The molecule has 1 aliphatic carbocycles. The van der Waals surface area contributed by atoms with Crippen molar-refractivity contribution in [1.29, 1.82) is 0 Å². The molecule has 1 aromatic carbocycles. The average molecular weight is 304 g/mol. The SMILES string of the molecule is Cc1cccc(C(C)NC2CC(NC(=O)OC(C)(C)C)C2)c1. The Morgan fingerprint density at radius 1 is 1.27 bits per heavy atom. The molecule has 1 fully saturated rings. The minimum Gasteiger partial charge on any atom is -0.444 e. The second-order valence-electron chi connectivity index (χ2n) is 7.31. The topological polar surface area (TPSA) is 50.4 Å². The number of hydrogen-bond donors (Lipinski definition) is 2. The van der Waals surface area contributed by atoms with Crippen molar-refractivity contribution in [2.75, 3.05) is 0 Å². The Balaban J connectivity index is 1.72. The number of amides is 1. The van der Waals surface area contributed by atoms with Gasteiger partial charge in [0.2, 0.25) is 0 Å². The summed E-state index contributed by atoms with van der Waals surface area (Å²) in [5.74, 6) is 0. The lowest BCUT2D eigenvalue weighted by atomic mass is 9.86. The summed E-state index contributed by atoms with van der Waals surface area (Å²) in [5.41, 5.74) is 2.15. The quantitative estimate of drug-likeness (QED) is 0.891. The minimum absolute atomic E-state index is 0.219.